The van der Waals surface area contributed by atoms with Crippen molar-refractivity contribution in [2.45, 2.75) is 32.2 Å². The van der Waals surface area contributed by atoms with E-state index in [-0.39, 0.29) is 11.4 Å². The molecule has 21 heavy (non-hydrogen) atoms. The van der Waals surface area contributed by atoms with Crippen LogP contribution >= 0.6 is 15.9 Å². The molecule has 1 amide bonds. The van der Waals surface area contributed by atoms with Gasteiger partial charge in [0.25, 0.3) is 5.91 Å². The number of amides is 1. The maximum Gasteiger partial charge on any atom is 0.251 e. The van der Waals surface area contributed by atoms with Crippen LogP contribution in [0.3, 0.4) is 0 Å². The quantitative estimate of drug-likeness (QED) is 0.785. The lowest BCUT2D eigenvalue weighted by molar-refractivity contribution is 0.0941. The summed E-state index contributed by atoms with van der Waals surface area (Å²) in [7, 11) is 3.08. The van der Waals surface area contributed by atoms with Crippen molar-refractivity contribution in [3.63, 3.8) is 0 Å². The molecule has 0 atom stereocenters. The number of carbonyl (C=O) groups excluding carboxylic acids is 1. The van der Waals surface area contributed by atoms with Crippen LogP contribution in [0.25, 0.3) is 0 Å². The topological polar surface area (TPSA) is 73.6 Å². The van der Waals surface area contributed by atoms with E-state index in [1.807, 2.05) is 13.8 Å². The lowest BCUT2D eigenvalue weighted by atomic mass is 9.94. The Bertz CT molecular complexity index is 477. The summed E-state index contributed by atoms with van der Waals surface area (Å²) >= 11 is 3.38. The molecular weight excluding hydrogens is 336 g/mol. The van der Waals surface area contributed by atoms with Crippen molar-refractivity contribution in [3.05, 3.63) is 22.2 Å². The van der Waals surface area contributed by atoms with Crippen LogP contribution in [0.2, 0.25) is 0 Å². The number of benzene rings is 1. The van der Waals surface area contributed by atoms with Crippen LogP contribution in [-0.2, 0) is 0 Å². The van der Waals surface area contributed by atoms with Crippen molar-refractivity contribution in [2.75, 3.05) is 20.8 Å². The number of hydrogen-bond acceptors (Lipinski definition) is 4. The molecular formula is C15H23BrN2O3. The van der Waals surface area contributed by atoms with Gasteiger partial charge in [0.1, 0.15) is 16.0 Å². The number of hydrogen-bond donors (Lipinski definition) is 2. The molecule has 0 radical (unpaired) electrons. The molecule has 0 saturated heterocycles. The van der Waals surface area contributed by atoms with Gasteiger partial charge in [-0.1, -0.05) is 13.8 Å². The minimum Gasteiger partial charge on any atom is -0.495 e. The number of carbonyl (C=O) groups is 1. The van der Waals surface area contributed by atoms with E-state index in [1.54, 1.807) is 26.4 Å². The summed E-state index contributed by atoms with van der Waals surface area (Å²) in [5, 5.41) is 2.87. The van der Waals surface area contributed by atoms with E-state index in [0.717, 1.165) is 12.8 Å². The third-order valence-electron chi connectivity index (χ3n) is 3.72. The summed E-state index contributed by atoms with van der Waals surface area (Å²) in [6.07, 6.45) is 1.60. The minimum absolute atomic E-state index is 0.198. The van der Waals surface area contributed by atoms with E-state index in [4.69, 9.17) is 15.2 Å². The molecule has 3 N–H and O–H groups in total. The van der Waals surface area contributed by atoms with Crippen molar-refractivity contribution >= 4 is 21.8 Å². The molecule has 0 aliphatic rings. The number of rotatable bonds is 7. The second-order valence-electron chi connectivity index (χ2n) is 4.95. The first kappa shape index (κ1) is 17.8. The summed E-state index contributed by atoms with van der Waals surface area (Å²) in [5.74, 6) is 0.893. The highest BCUT2D eigenvalue weighted by molar-refractivity contribution is 9.10. The lowest BCUT2D eigenvalue weighted by Gasteiger charge is -2.26. The SMILES string of the molecule is CCC(N)(CC)CNC(=O)c1cc(OC)c(Br)c(OC)c1. The summed E-state index contributed by atoms with van der Waals surface area (Å²) < 4.78 is 11.1. The number of ether oxygens (including phenoxy) is 2. The first-order valence-electron chi connectivity index (χ1n) is 6.89. The van der Waals surface area contributed by atoms with E-state index in [0.29, 0.717) is 28.1 Å². The Morgan fingerprint density at radius 2 is 1.71 bits per heavy atom. The van der Waals surface area contributed by atoms with Crippen LogP contribution in [-0.4, -0.2) is 32.2 Å². The molecule has 0 unspecified atom stereocenters. The summed E-state index contributed by atoms with van der Waals surface area (Å²) in [4.78, 5) is 12.3. The van der Waals surface area contributed by atoms with Gasteiger partial charge in [0, 0.05) is 17.6 Å². The smallest absolute Gasteiger partial charge is 0.251 e. The Morgan fingerprint density at radius 1 is 1.24 bits per heavy atom. The van der Waals surface area contributed by atoms with E-state index < -0.39 is 0 Å². The maximum atomic E-state index is 12.3. The van der Waals surface area contributed by atoms with Crippen LogP contribution in [0.1, 0.15) is 37.0 Å². The fourth-order valence-corrected chi connectivity index (χ4v) is 2.41. The monoisotopic (exact) mass is 358 g/mol. The van der Waals surface area contributed by atoms with Gasteiger partial charge in [0.05, 0.1) is 14.2 Å². The molecule has 0 saturated carbocycles. The Morgan fingerprint density at radius 3 is 2.10 bits per heavy atom. The number of nitrogens with two attached hydrogens (primary N) is 1. The highest BCUT2D eigenvalue weighted by Crippen LogP contribution is 2.35. The van der Waals surface area contributed by atoms with Gasteiger partial charge < -0.3 is 20.5 Å². The van der Waals surface area contributed by atoms with Gasteiger partial charge >= 0.3 is 0 Å². The largest absolute Gasteiger partial charge is 0.495 e. The number of methoxy groups -OCH3 is 2. The zero-order chi connectivity index (χ0) is 16.0. The van der Waals surface area contributed by atoms with Crippen molar-refractivity contribution in [1.82, 2.24) is 5.32 Å². The Hall–Kier alpha value is -1.27. The highest BCUT2D eigenvalue weighted by Gasteiger charge is 2.22. The van der Waals surface area contributed by atoms with Crippen LogP contribution in [0.5, 0.6) is 11.5 Å². The van der Waals surface area contributed by atoms with E-state index in [2.05, 4.69) is 21.2 Å². The molecule has 5 nitrogen and oxygen atoms in total. The van der Waals surface area contributed by atoms with Gasteiger partial charge in [-0.3, -0.25) is 4.79 Å². The van der Waals surface area contributed by atoms with E-state index >= 15 is 0 Å². The van der Waals surface area contributed by atoms with Gasteiger partial charge in [-0.15, -0.1) is 0 Å². The van der Waals surface area contributed by atoms with Crippen molar-refractivity contribution < 1.29 is 14.3 Å². The predicted octanol–water partition coefficient (Wildman–Crippen LogP) is 2.71. The van der Waals surface area contributed by atoms with Crippen LogP contribution in [0.4, 0.5) is 0 Å². The molecule has 0 aliphatic heterocycles. The molecule has 0 aliphatic carbocycles. The molecule has 1 aromatic carbocycles. The first-order chi connectivity index (χ1) is 9.90. The third-order valence-corrected chi connectivity index (χ3v) is 4.50. The third kappa shape index (κ3) is 4.35. The molecule has 118 valence electrons. The minimum atomic E-state index is -0.376. The normalized spacial score (nSPS) is 11.1. The molecule has 1 rings (SSSR count). The first-order valence-corrected chi connectivity index (χ1v) is 7.68. The highest BCUT2D eigenvalue weighted by atomic mass is 79.9. The Labute approximate surface area is 134 Å². The van der Waals surface area contributed by atoms with Crippen molar-refractivity contribution in [1.29, 1.82) is 0 Å². The zero-order valence-corrected chi connectivity index (χ0v) is 14.5. The van der Waals surface area contributed by atoms with Gasteiger partial charge in [-0.25, -0.2) is 0 Å². The van der Waals surface area contributed by atoms with Crippen LogP contribution < -0.4 is 20.5 Å². The second-order valence-corrected chi connectivity index (χ2v) is 5.74. The van der Waals surface area contributed by atoms with Crippen LogP contribution in [0, 0.1) is 0 Å². The molecule has 0 fully saturated rings. The summed E-state index contributed by atoms with van der Waals surface area (Å²) in [6, 6.07) is 3.33. The summed E-state index contributed by atoms with van der Waals surface area (Å²) in [5.41, 5.74) is 6.29. The van der Waals surface area contributed by atoms with Crippen molar-refractivity contribution in [3.8, 4) is 11.5 Å². The lowest BCUT2D eigenvalue weighted by Crippen LogP contribution is -2.49. The number of halogens is 1. The van der Waals surface area contributed by atoms with E-state index in [9.17, 15) is 4.79 Å². The van der Waals surface area contributed by atoms with Gasteiger partial charge in [0.2, 0.25) is 0 Å². The fraction of sp³-hybridized carbons (Fsp3) is 0.533. The molecule has 0 spiro atoms. The van der Waals surface area contributed by atoms with Gasteiger partial charge in [-0.05, 0) is 40.9 Å². The molecule has 0 heterocycles. The average Bonchev–Trinajstić information content (AvgIpc) is 2.52. The Kier molecular flexibility index (Phi) is 6.48. The summed E-state index contributed by atoms with van der Waals surface area (Å²) in [6.45, 7) is 4.46. The number of nitrogens with one attached hydrogen (secondary N) is 1. The van der Waals surface area contributed by atoms with Gasteiger partial charge in [0.15, 0.2) is 0 Å². The maximum absolute atomic E-state index is 12.3. The molecule has 0 aromatic heterocycles. The van der Waals surface area contributed by atoms with Crippen molar-refractivity contribution in [2.24, 2.45) is 5.73 Å². The van der Waals surface area contributed by atoms with E-state index in [1.165, 1.54) is 0 Å². The predicted molar refractivity (Wildman–Crippen MR) is 87.1 cm³/mol. The zero-order valence-electron chi connectivity index (χ0n) is 13.0. The average molecular weight is 359 g/mol. The second kappa shape index (κ2) is 7.66. The molecule has 6 heteroatoms. The Balaban J connectivity index is 2.93. The molecule has 1 aromatic rings. The standard InChI is InChI=1S/C15H23BrN2O3/c1-5-15(17,6-2)9-18-14(19)10-7-11(20-3)13(16)12(8-10)21-4/h7-8H,5-6,9,17H2,1-4H3,(H,18,19). The van der Waals surface area contributed by atoms with Crippen LogP contribution in [0.15, 0.2) is 16.6 Å². The fourth-order valence-electron chi connectivity index (χ4n) is 1.86. The molecule has 0 bridgehead atoms. The van der Waals surface area contributed by atoms with Gasteiger partial charge in [-0.2, -0.15) is 0 Å².